The lowest BCUT2D eigenvalue weighted by atomic mass is 9.71. The van der Waals surface area contributed by atoms with E-state index >= 15 is 0 Å². The predicted molar refractivity (Wildman–Crippen MR) is 83.7 cm³/mol. The first-order valence-electron chi connectivity index (χ1n) is 8.22. The van der Waals surface area contributed by atoms with Gasteiger partial charge in [-0.25, -0.2) is 0 Å². The second-order valence-corrected chi connectivity index (χ2v) is 6.88. The highest BCUT2D eigenvalue weighted by molar-refractivity contribution is 5.18. The second-order valence-electron chi connectivity index (χ2n) is 6.88. The molecule has 4 nitrogen and oxygen atoms in total. The van der Waals surface area contributed by atoms with E-state index < -0.39 is 5.60 Å². The summed E-state index contributed by atoms with van der Waals surface area (Å²) >= 11 is 0. The van der Waals surface area contributed by atoms with E-state index in [-0.39, 0.29) is 12.1 Å². The van der Waals surface area contributed by atoms with E-state index in [9.17, 15) is 5.11 Å². The molecular formula is C17H27N3O. The average molecular weight is 289 g/mol. The second kappa shape index (κ2) is 6.03. The number of rotatable bonds is 3. The third-order valence-corrected chi connectivity index (χ3v) is 5.40. The van der Waals surface area contributed by atoms with Crippen LogP contribution in [-0.2, 0) is 0 Å². The molecule has 1 aromatic rings. The third-order valence-electron chi connectivity index (χ3n) is 5.40. The van der Waals surface area contributed by atoms with Crippen molar-refractivity contribution in [2.45, 2.75) is 56.7 Å². The molecule has 2 heterocycles. The number of aromatic nitrogens is 1. The molecule has 0 spiro atoms. The number of piperidine rings is 1. The van der Waals surface area contributed by atoms with Crippen LogP contribution < -0.4 is 5.73 Å². The minimum atomic E-state index is -0.421. The monoisotopic (exact) mass is 289 g/mol. The SMILES string of the molecule is CC(N)C(c1ccncc1)N1CCC2(O)CCCCC2C1. The number of fused-ring (bicyclic) bond motifs is 1. The summed E-state index contributed by atoms with van der Waals surface area (Å²) < 4.78 is 0. The fourth-order valence-electron chi connectivity index (χ4n) is 4.26. The summed E-state index contributed by atoms with van der Waals surface area (Å²) in [6.45, 7) is 3.97. The van der Waals surface area contributed by atoms with Gasteiger partial charge in [-0.1, -0.05) is 12.8 Å². The number of nitrogens with zero attached hydrogens (tertiary/aromatic N) is 2. The molecule has 2 aliphatic rings. The van der Waals surface area contributed by atoms with Crippen molar-refractivity contribution in [1.82, 2.24) is 9.88 Å². The molecule has 4 unspecified atom stereocenters. The molecule has 0 bridgehead atoms. The molecule has 1 aliphatic heterocycles. The Kier molecular flexibility index (Phi) is 4.29. The van der Waals surface area contributed by atoms with Gasteiger partial charge in [-0.15, -0.1) is 0 Å². The molecule has 0 amide bonds. The summed E-state index contributed by atoms with van der Waals surface area (Å²) in [6.07, 6.45) is 9.11. The quantitative estimate of drug-likeness (QED) is 0.894. The van der Waals surface area contributed by atoms with Crippen molar-refractivity contribution in [3.05, 3.63) is 30.1 Å². The fourth-order valence-corrected chi connectivity index (χ4v) is 4.26. The fraction of sp³-hybridized carbons (Fsp3) is 0.706. The summed E-state index contributed by atoms with van der Waals surface area (Å²) in [6, 6.07) is 4.42. The zero-order chi connectivity index (χ0) is 14.9. The Labute approximate surface area is 127 Å². The van der Waals surface area contributed by atoms with Crippen molar-refractivity contribution in [3.63, 3.8) is 0 Å². The van der Waals surface area contributed by atoms with Crippen LogP contribution >= 0.6 is 0 Å². The van der Waals surface area contributed by atoms with Gasteiger partial charge in [0.05, 0.1) is 5.60 Å². The molecule has 3 rings (SSSR count). The lowest BCUT2D eigenvalue weighted by Crippen LogP contribution is -2.55. The van der Waals surface area contributed by atoms with E-state index in [0.717, 1.165) is 32.4 Å². The smallest absolute Gasteiger partial charge is 0.0700 e. The van der Waals surface area contributed by atoms with Gasteiger partial charge in [0.25, 0.3) is 0 Å². The molecule has 1 aliphatic carbocycles. The number of likely N-dealkylation sites (tertiary alicyclic amines) is 1. The van der Waals surface area contributed by atoms with Gasteiger partial charge in [0.1, 0.15) is 0 Å². The minimum absolute atomic E-state index is 0.0715. The van der Waals surface area contributed by atoms with Crippen LogP contribution in [0.1, 0.15) is 50.6 Å². The van der Waals surface area contributed by atoms with Crippen molar-refractivity contribution in [3.8, 4) is 0 Å². The minimum Gasteiger partial charge on any atom is -0.390 e. The summed E-state index contributed by atoms with van der Waals surface area (Å²) in [7, 11) is 0. The van der Waals surface area contributed by atoms with Gasteiger partial charge in [0.15, 0.2) is 0 Å². The first kappa shape index (κ1) is 14.9. The van der Waals surface area contributed by atoms with Gasteiger partial charge in [0.2, 0.25) is 0 Å². The highest BCUT2D eigenvalue weighted by atomic mass is 16.3. The molecule has 2 fully saturated rings. The number of aliphatic hydroxyl groups is 1. The van der Waals surface area contributed by atoms with Crippen molar-refractivity contribution < 1.29 is 5.11 Å². The molecule has 116 valence electrons. The standard InChI is InChI=1S/C17H27N3O/c1-13(18)16(14-5-9-19-10-6-14)20-11-8-17(21)7-3-2-4-15(17)12-20/h5-6,9-10,13,15-16,21H,2-4,7-8,11-12,18H2,1H3. The summed E-state index contributed by atoms with van der Waals surface area (Å²) in [4.78, 5) is 6.59. The van der Waals surface area contributed by atoms with Crippen molar-refractivity contribution in [2.75, 3.05) is 13.1 Å². The Hall–Kier alpha value is -0.970. The van der Waals surface area contributed by atoms with Crippen LogP contribution in [-0.4, -0.2) is 39.7 Å². The zero-order valence-corrected chi connectivity index (χ0v) is 12.9. The van der Waals surface area contributed by atoms with E-state index in [1.807, 2.05) is 12.4 Å². The molecule has 21 heavy (non-hydrogen) atoms. The Morgan fingerprint density at radius 3 is 2.81 bits per heavy atom. The van der Waals surface area contributed by atoms with Gasteiger partial charge in [-0.3, -0.25) is 9.88 Å². The molecule has 1 aromatic heterocycles. The molecule has 3 N–H and O–H groups in total. The molecule has 1 saturated heterocycles. The number of hydrogen-bond acceptors (Lipinski definition) is 4. The van der Waals surface area contributed by atoms with Crippen LogP contribution in [0.15, 0.2) is 24.5 Å². The number of nitrogens with two attached hydrogens (primary N) is 1. The lowest BCUT2D eigenvalue weighted by Gasteiger charge is -2.50. The van der Waals surface area contributed by atoms with E-state index in [1.165, 1.54) is 18.4 Å². The maximum Gasteiger partial charge on any atom is 0.0700 e. The topological polar surface area (TPSA) is 62.4 Å². The van der Waals surface area contributed by atoms with Crippen LogP contribution in [0, 0.1) is 5.92 Å². The first-order valence-corrected chi connectivity index (χ1v) is 8.22. The maximum absolute atomic E-state index is 10.8. The van der Waals surface area contributed by atoms with Crippen LogP contribution in [0.3, 0.4) is 0 Å². The molecule has 1 saturated carbocycles. The van der Waals surface area contributed by atoms with E-state index in [0.29, 0.717) is 5.92 Å². The normalized spacial score (nSPS) is 33.2. The first-order chi connectivity index (χ1) is 10.1. The van der Waals surface area contributed by atoms with E-state index in [4.69, 9.17) is 5.73 Å². The van der Waals surface area contributed by atoms with Crippen molar-refractivity contribution in [1.29, 1.82) is 0 Å². The van der Waals surface area contributed by atoms with Crippen molar-refractivity contribution in [2.24, 2.45) is 11.7 Å². The number of pyridine rings is 1. The van der Waals surface area contributed by atoms with Crippen LogP contribution in [0.4, 0.5) is 0 Å². The molecule has 4 atom stereocenters. The zero-order valence-electron chi connectivity index (χ0n) is 12.9. The van der Waals surface area contributed by atoms with Crippen LogP contribution in [0.2, 0.25) is 0 Å². The maximum atomic E-state index is 10.8. The van der Waals surface area contributed by atoms with E-state index in [1.54, 1.807) is 0 Å². The van der Waals surface area contributed by atoms with Gasteiger partial charge in [0, 0.05) is 43.5 Å². The summed E-state index contributed by atoms with van der Waals surface area (Å²) in [5, 5.41) is 10.8. The predicted octanol–water partition coefficient (Wildman–Crippen LogP) is 2.10. The Bertz CT molecular complexity index is 464. The van der Waals surface area contributed by atoms with Gasteiger partial charge >= 0.3 is 0 Å². The largest absolute Gasteiger partial charge is 0.390 e. The molecule has 0 radical (unpaired) electrons. The average Bonchev–Trinajstić information content (AvgIpc) is 2.48. The van der Waals surface area contributed by atoms with Crippen molar-refractivity contribution >= 4 is 0 Å². The lowest BCUT2D eigenvalue weighted by molar-refractivity contribution is -0.104. The highest BCUT2D eigenvalue weighted by Crippen LogP contribution is 2.42. The Balaban J connectivity index is 1.79. The van der Waals surface area contributed by atoms with Crippen LogP contribution in [0.5, 0.6) is 0 Å². The van der Waals surface area contributed by atoms with Gasteiger partial charge in [-0.05, 0) is 43.9 Å². The van der Waals surface area contributed by atoms with Gasteiger partial charge in [-0.2, -0.15) is 0 Å². The van der Waals surface area contributed by atoms with Gasteiger partial charge < -0.3 is 10.8 Å². The number of hydrogen-bond donors (Lipinski definition) is 2. The molecule has 0 aromatic carbocycles. The third kappa shape index (κ3) is 2.98. The summed E-state index contributed by atoms with van der Waals surface area (Å²) in [5.74, 6) is 0.406. The molecule has 4 heteroatoms. The van der Waals surface area contributed by atoms with E-state index in [2.05, 4.69) is 28.9 Å². The van der Waals surface area contributed by atoms with Crippen LogP contribution in [0.25, 0.3) is 0 Å². The highest BCUT2D eigenvalue weighted by Gasteiger charge is 2.44. The molecular weight excluding hydrogens is 262 g/mol. The Morgan fingerprint density at radius 2 is 2.10 bits per heavy atom. The Morgan fingerprint density at radius 1 is 1.33 bits per heavy atom. The summed E-state index contributed by atoms with van der Waals surface area (Å²) in [5.41, 5.74) is 7.09.